The lowest BCUT2D eigenvalue weighted by molar-refractivity contribution is -0.110. The number of methoxy groups -OCH3 is 4. The summed E-state index contributed by atoms with van der Waals surface area (Å²) in [6.45, 7) is 1.73. The molecule has 0 saturated heterocycles. The zero-order valence-corrected chi connectivity index (χ0v) is 25.2. The number of fused-ring (bicyclic) bond motifs is 4. The van der Waals surface area contributed by atoms with E-state index in [0.717, 1.165) is 5.56 Å². The van der Waals surface area contributed by atoms with Gasteiger partial charge in [0.1, 0.15) is 23.0 Å². The zero-order chi connectivity index (χ0) is 31.7. The van der Waals surface area contributed by atoms with Crippen LogP contribution in [0.4, 0.5) is 5.69 Å². The van der Waals surface area contributed by atoms with Crippen molar-refractivity contribution in [2.45, 2.75) is 19.8 Å². The fourth-order valence-electron chi connectivity index (χ4n) is 6.86. The molecule has 0 aromatic heterocycles. The van der Waals surface area contributed by atoms with E-state index < -0.39 is 17.3 Å². The van der Waals surface area contributed by atoms with Crippen molar-refractivity contribution in [3.63, 3.8) is 0 Å². The van der Waals surface area contributed by atoms with Crippen molar-refractivity contribution in [3.05, 3.63) is 103 Å². The summed E-state index contributed by atoms with van der Waals surface area (Å²) < 4.78 is 22.8. The van der Waals surface area contributed by atoms with Crippen molar-refractivity contribution >= 4 is 40.7 Å². The molecular weight excluding hydrogens is 576 g/mol. The third-order valence-electron chi connectivity index (χ3n) is 8.82. The molecule has 0 spiro atoms. The number of carbonyl (C=O) groups excluding carboxylic acids is 4. The molecule has 0 radical (unpaired) electrons. The molecule has 3 aliphatic carbocycles. The SMILES string of the molecule is COC1=C2CCc3cc4c(c(OC)c3=C2C(=O)C2=C1C(=O)c1c(cc(OC)c(C)c1OC)C2=O)C(=O)N(c1ccccc1)NC=4. The molecule has 0 saturated carbocycles. The number of nitrogens with one attached hydrogen (secondary N) is 1. The molecule has 0 unspecified atom stereocenters. The largest absolute Gasteiger partial charge is 0.496 e. The molecule has 4 aliphatic rings. The maximum absolute atomic E-state index is 14.6. The topological polar surface area (TPSA) is 120 Å². The number of ketones is 3. The number of ether oxygens (including phenoxy) is 4. The van der Waals surface area contributed by atoms with Crippen LogP contribution in [0.3, 0.4) is 0 Å². The normalized spacial score (nSPS) is 16.6. The summed E-state index contributed by atoms with van der Waals surface area (Å²) in [5.41, 5.74) is 5.59. The number of anilines is 1. The minimum Gasteiger partial charge on any atom is -0.496 e. The Bertz CT molecular complexity index is 2110. The first-order chi connectivity index (χ1) is 21.8. The van der Waals surface area contributed by atoms with Crippen LogP contribution >= 0.6 is 0 Å². The van der Waals surface area contributed by atoms with E-state index in [1.165, 1.54) is 39.5 Å². The van der Waals surface area contributed by atoms with Crippen LogP contribution in [0.2, 0.25) is 0 Å². The van der Waals surface area contributed by atoms with Gasteiger partial charge in [0.2, 0.25) is 5.78 Å². The quantitative estimate of drug-likeness (QED) is 0.439. The molecule has 1 amide bonds. The van der Waals surface area contributed by atoms with Gasteiger partial charge in [0.15, 0.2) is 11.6 Å². The van der Waals surface area contributed by atoms with E-state index in [0.29, 0.717) is 45.9 Å². The summed E-state index contributed by atoms with van der Waals surface area (Å²) in [7, 11) is 5.71. The Morgan fingerprint density at radius 1 is 0.733 bits per heavy atom. The van der Waals surface area contributed by atoms with Crippen LogP contribution < -0.4 is 35.1 Å². The van der Waals surface area contributed by atoms with Crippen molar-refractivity contribution in [1.29, 1.82) is 0 Å². The second-order valence-corrected chi connectivity index (χ2v) is 10.9. The molecule has 1 aliphatic heterocycles. The number of nitrogens with zero attached hydrogens (tertiary/aromatic N) is 1. The van der Waals surface area contributed by atoms with Gasteiger partial charge in [0, 0.05) is 38.9 Å². The summed E-state index contributed by atoms with van der Waals surface area (Å²) in [5.74, 6) is -1.30. The van der Waals surface area contributed by atoms with E-state index in [1.807, 2.05) is 24.3 Å². The summed E-state index contributed by atoms with van der Waals surface area (Å²) in [6, 6.07) is 12.4. The number of hydrogen-bond donors (Lipinski definition) is 1. The summed E-state index contributed by atoms with van der Waals surface area (Å²) >= 11 is 0. The number of aryl methyl sites for hydroxylation is 1. The molecule has 0 bridgehead atoms. The van der Waals surface area contributed by atoms with Crippen LogP contribution in [-0.4, -0.2) is 51.7 Å². The lowest BCUT2D eigenvalue weighted by Gasteiger charge is -2.33. The second kappa shape index (κ2) is 10.2. The maximum atomic E-state index is 14.6. The van der Waals surface area contributed by atoms with Crippen molar-refractivity contribution in [1.82, 2.24) is 5.43 Å². The van der Waals surface area contributed by atoms with Gasteiger partial charge in [-0.2, -0.15) is 0 Å². The van der Waals surface area contributed by atoms with E-state index in [4.69, 9.17) is 18.9 Å². The predicted molar refractivity (Wildman–Crippen MR) is 164 cm³/mol. The van der Waals surface area contributed by atoms with Gasteiger partial charge in [-0.05, 0) is 49.6 Å². The van der Waals surface area contributed by atoms with Gasteiger partial charge >= 0.3 is 0 Å². The van der Waals surface area contributed by atoms with E-state index in [1.54, 1.807) is 25.3 Å². The van der Waals surface area contributed by atoms with Crippen LogP contribution in [0, 0.1) is 6.92 Å². The lowest BCUT2D eigenvalue weighted by atomic mass is 9.71. The first-order valence-electron chi connectivity index (χ1n) is 14.3. The minimum absolute atomic E-state index is 0.00805. The van der Waals surface area contributed by atoms with Gasteiger partial charge in [0.05, 0.1) is 56.4 Å². The number of rotatable bonds is 5. The Hall–Kier alpha value is -5.64. The Labute approximate surface area is 257 Å². The highest BCUT2D eigenvalue weighted by Crippen LogP contribution is 2.46. The van der Waals surface area contributed by atoms with Crippen molar-refractivity contribution in [2.24, 2.45) is 0 Å². The number of carbonyl (C=O) groups is 4. The maximum Gasteiger partial charge on any atom is 0.281 e. The molecule has 7 rings (SSSR count). The molecule has 226 valence electrons. The van der Waals surface area contributed by atoms with Gasteiger partial charge in [-0.1, -0.05) is 18.2 Å². The van der Waals surface area contributed by atoms with Crippen LogP contribution in [0.1, 0.15) is 48.6 Å². The van der Waals surface area contributed by atoms with E-state index in [2.05, 4.69) is 5.43 Å². The van der Waals surface area contributed by atoms with Crippen molar-refractivity contribution in [2.75, 3.05) is 33.4 Å². The molecule has 1 heterocycles. The molecule has 45 heavy (non-hydrogen) atoms. The highest BCUT2D eigenvalue weighted by Gasteiger charge is 2.47. The lowest BCUT2D eigenvalue weighted by Crippen LogP contribution is -2.48. The minimum atomic E-state index is -0.643. The highest BCUT2D eigenvalue weighted by molar-refractivity contribution is 6.48. The predicted octanol–water partition coefficient (Wildman–Crippen LogP) is 2.88. The monoisotopic (exact) mass is 604 g/mol. The standard InChI is InChI=1S/C35H28N2O8/c1-16-22(42-2)14-21-26(32(16)43-3)31(40)28-27(29(21)38)30(39)25-20(33(28)44-4)12-11-17-13-18-15-36-37(19-9-7-6-8-10-19)35(41)24(18)34(45-5)23(17)25/h6-10,13-15,36H,11-12H2,1-5H3. The molecule has 1 N–H and O–H groups in total. The van der Waals surface area contributed by atoms with Gasteiger partial charge in [-0.3, -0.25) is 24.6 Å². The average molecular weight is 605 g/mol. The number of Topliss-reactive ketones (excluding diaryl/α,β-unsaturated/α-hetero) is 3. The first-order valence-corrected chi connectivity index (χ1v) is 14.3. The van der Waals surface area contributed by atoms with E-state index in [9.17, 15) is 19.2 Å². The van der Waals surface area contributed by atoms with Gasteiger partial charge in [-0.25, -0.2) is 5.01 Å². The Kier molecular flexibility index (Phi) is 6.40. The van der Waals surface area contributed by atoms with Gasteiger partial charge in [-0.15, -0.1) is 0 Å². The van der Waals surface area contributed by atoms with Crippen LogP contribution in [0.15, 0.2) is 64.9 Å². The fraction of sp³-hybridized carbons (Fsp3) is 0.200. The van der Waals surface area contributed by atoms with Crippen molar-refractivity contribution in [3.8, 4) is 17.2 Å². The Morgan fingerprint density at radius 3 is 2.13 bits per heavy atom. The third kappa shape index (κ3) is 3.75. The molecule has 0 atom stereocenters. The Balaban J connectivity index is 1.51. The summed E-state index contributed by atoms with van der Waals surface area (Å²) in [5, 5.41) is 2.41. The summed E-state index contributed by atoms with van der Waals surface area (Å²) in [6.07, 6.45) is 2.55. The van der Waals surface area contributed by atoms with Gasteiger partial charge < -0.3 is 18.9 Å². The van der Waals surface area contributed by atoms with Crippen LogP contribution in [0.25, 0.3) is 11.8 Å². The van der Waals surface area contributed by atoms with Crippen molar-refractivity contribution < 1.29 is 38.1 Å². The van der Waals surface area contributed by atoms with Crippen LogP contribution in [-0.2, 0) is 16.0 Å². The molecule has 10 heteroatoms. The smallest absolute Gasteiger partial charge is 0.281 e. The number of benzene rings is 3. The van der Waals surface area contributed by atoms with E-state index in [-0.39, 0.29) is 56.6 Å². The molecule has 3 aromatic rings. The first kappa shape index (κ1) is 28.1. The number of hydrogen-bond acceptors (Lipinski definition) is 9. The number of allylic oxidation sites excluding steroid dienone is 3. The van der Waals surface area contributed by atoms with Gasteiger partial charge in [0.25, 0.3) is 5.91 Å². The fourth-order valence-corrected chi connectivity index (χ4v) is 6.86. The second-order valence-electron chi connectivity index (χ2n) is 10.9. The van der Waals surface area contributed by atoms with E-state index >= 15 is 0 Å². The van der Waals surface area contributed by atoms with Crippen LogP contribution in [0.5, 0.6) is 17.2 Å². The zero-order valence-electron chi connectivity index (χ0n) is 25.2. The molecular formula is C35H28N2O8. The number of para-hydroxylation sites is 1. The highest BCUT2D eigenvalue weighted by atomic mass is 16.5. The molecule has 3 aromatic carbocycles. The average Bonchev–Trinajstić information content (AvgIpc) is 3.06. The third-order valence-corrected chi connectivity index (χ3v) is 8.82. The summed E-state index contributed by atoms with van der Waals surface area (Å²) in [4.78, 5) is 56.9. The number of hydrazine groups is 1. The number of amides is 1. The molecule has 10 nitrogen and oxygen atoms in total. The Morgan fingerprint density at radius 2 is 1.47 bits per heavy atom. The molecule has 0 fully saturated rings.